The molecule has 0 aliphatic rings. The SMILES string of the molecule is CC(=O)c1cccc(-c2nc(NCc3nc4ccccc4[nH]3)c3ncn(-c4ccsc4)c3n2)c1. The van der Waals surface area contributed by atoms with E-state index in [1.165, 1.54) is 0 Å². The maximum atomic E-state index is 11.9. The first-order valence-corrected chi connectivity index (χ1v) is 11.7. The van der Waals surface area contributed by atoms with Crippen LogP contribution in [-0.4, -0.2) is 35.3 Å². The Balaban J connectivity index is 1.45. The van der Waals surface area contributed by atoms with Gasteiger partial charge >= 0.3 is 0 Å². The van der Waals surface area contributed by atoms with Gasteiger partial charge in [-0.25, -0.2) is 19.9 Å². The summed E-state index contributed by atoms with van der Waals surface area (Å²) in [5, 5.41) is 7.44. The first-order chi connectivity index (χ1) is 16.7. The summed E-state index contributed by atoms with van der Waals surface area (Å²) in [6.45, 7) is 1.99. The number of hydrogen-bond donors (Lipinski definition) is 2. The Labute approximate surface area is 198 Å². The molecule has 0 amide bonds. The Kier molecular flexibility index (Phi) is 4.88. The number of H-pyrrole nitrogens is 1. The molecule has 0 bridgehead atoms. The van der Waals surface area contributed by atoms with Gasteiger partial charge in [-0.15, -0.1) is 0 Å². The molecule has 0 unspecified atom stereocenters. The molecular weight excluding hydrogens is 446 g/mol. The summed E-state index contributed by atoms with van der Waals surface area (Å²) in [4.78, 5) is 34.1. The lowest BCUT2D eigenvalue weighted by atomic mass is 10.1. The largest absolute Gasteiger partial charge is 0.361 e. The van der Waals surface area contributed by atoms with Crippen LogP contribution in [-0.2, 0) is 6.54 Å². The monoisotopic (exact) mass is 465 g/mol. The smallest absolute Gasteiger partial charge is 0.170 e. The number of benzene rings is 2. The Hall–Kier alpha value is -4.37. The predicted octanol–water partition coefficient (Wildman–Crippen LogP) is 5.24. The molecule has 0 saturated carbocycles. The van der Waals surface area contributed by atoms with E-state index in [4.69, 9.17) is 9.97 Å². The number of anilines is 1. The van der Waals surface area contributed by atoms with E-state index in [-0.39, 0.29) is 5.78 Å². The van der Waals surface area contributed by atoms with E-state index < -0.39 is 0 Å². The van der Waals surface area contributed by atoms with Gasteiger partial charge in [-0.1, -0.05) is 30.3 Å². The van der Waals surface area contributed by atoms with Crippen LogP contribution in [0.1, 0.15) is 23.1 Å². The van der Waals surface area contributed by atoms with E-state index in [1.807, 2.05) is 63.9 Å². The minimum Gasteiger partial charge on any atom is -0.361 e. The second-order valence-electron chi connectivity index (χ2n) is 7.86. The fraction of sp³-hybridized carbons (Fsp3) is 0.0800. The number of rotatable bonds is 6. The third kappa shape index (κ3) is 3.61. The van der Waals surface area contributed by atoms with Gasteiger partial charge in [-0.2, -0.15) is 11.3 Å². The summed E-state index contributed by atoms with van der Waals surface area (Å²) >= 11 is 1.61. The van der Waals surface area contributed by atoms with Crippen molar-refractivity contribution in [2.24, 2.45) is 0 Å². The second-order valence-corrected chi connectivity index (χ2v) is 8.64. The number of carbonyl (C=O) groups excluding carboxylic acids is 1. The van der Waals surface area contributed by atoms with Gasteiger partial charge in [0, 0.05) is 16.5 Å². The zero-order valence-electron chi connectivity index (χ0n) is 18.2. The number of imidazole rings is 2. The van der Waals surface area contributed by atoms with Gasteiger partial charge in [0.2, 0.25) is 0 Å². The molecule has 2 N–H and O–H groups in total. The minimum atomic E-state index is -0.00511. The van der Waals surface area contributed by atoms with Crippen molar-refractivity contribution in [3.05, 3.63) is 83.1 Å². The van der Waals surface area contributed by atoms with E-state index in [0.29, 0.717) is 34.9 Å². The van der Waals surface area contributed by atoms with Crippen LogP contribution < -0.4 is 5.32 Å². The quantitative estimate of drug-likeness (QED) is 0.327. The summed E-state index contributed by atoms with van der Waals surface area (Å²) in [7, 11) is 0. The summed E-state index contributed by atoms with van der Waals surface area (Å²) in [6.07, 6.45) is 1.75. The number of carbonyl (C=O) groups is 1. The molecule has 2 aromatic carbocycles. The third-order valence-corrected chi connectivity index (χ3v) is 6.24. The fourth-order valence-electron chi connectivity index (χ4n) is 3.87. The van der Waals surface area contributed by atoms with Crippen molar-refractivity contribution in [3.8, 4) is 17.1 Å². The van der Waals surface area contributed by atoms with E-state index in [9.17, 15) is 4.79 Å². The van der Waals surface area contributed by atoms with Gasteiger partial charge in [-0.05, 0) is 36.6 Å². The summed E-state index contributed by atoms with van der Waals surface area (Å²) in [6, 6.07) is 17.3. The third-order valence-electron chi connectivity index (χ3n) is 5.57. The Morgan fingerprint density at radius 1 is 1.09 bits per heavy atom. The standard InChI is InChI=1S/C25H19N7OS/c1-15(33)16-5-4-6-17(11-16)23-30-24(26-12-21-28-19-7-2-3-8-20(19)29-21)22-25(31-23)32(14-27-22)18-9-10-34-13-18/h2-11,13-14H,12H2,1H3,(H,28,29)(H,26,30,31). The van der Waals surface area contributed by atoms with Crippen LogP contribution in [0.2, 0.25) is 0 Å². The van der Waals surface area contributed by atoms with Gasteiger partial charge in [0.1, 0.15) is 12.2 Å². The highest BCUT2D eigenvalue weighted by atomic mass is 32.1. The Bertz CT molecular complexity index is 1620. The van der Waals surface area contributed by atoms with Crippen molar-refractivity contribution in [3.63, 3.8) is 0 Å². The number of thiophene rings is 1. The fourth-order valence-corrected chi connectivity index (χ4v) is 4.50. The number of aromatic amines is 1. The highest BCUT2D eigenvalue weighted by molar-refractivity contribution is 7.08. The zero-order valence-corrected chi connectivity index (χ0v) is 19.0. The summed E-state index contributed by atoms with van der Waals surface area (Å²) in [5.41, 5.74) is 5.60. The number of hydrogen-bond acceptors (Lipinski definition) is 7. The van der Waals surface area contributed by atoms with Crippen LogP contribution in [0.3, 0.4) is 0 Å². The Morgan fingerprint density at radius 3 is 2.82 bits per heavy atom. The molecule has 4 heterocycles. The molecule has 4 aromatic heterocycles. The van der Waals surface area contributed by atoms with Crippen molar-refractivity contribution < 1.29 is 4.79 Å². The van der Waals surface area contributed by atoms with E-state index in [0.717, 1.165) is 28.1 Å². The summed E-state index contributed by atoms with van der Waals surface area (Å²) in [5.74, 6) is 1.90. The molecule has 0 radical (unpaired) electrons. The minimum absolute atomic E-state index is 0.00511. The zero-order chi connectivity index (χ0) is 23.1. The van der Waals surface area contributed by atoms with Gasteiger partial charge in [0.25, 0.3) is 0 Å². The topological polar surface area (TPSA) is 101 Å². The molecule has 6 aromatic rings. The molecule has 0 spiro atoms. The maximum Gasteiger partial charge on any atom is 0.170 e. The first-order valence-electron chi connectivity index (χ1n) is 10.7. The molecule has 0 aliphatic heterocycles. The van der Waals surface area contributed by atoms with E-state index in [1.54, 1.807) is 30.7 Å². The van der Waals surface area contributed by atoms with Crippen molar-refractivity contribution in [1.29, 1.82) is 0 Å². The number of ketones is 1. The van der Waals surface area contributed by atoms with Crippen LogP contribution in [0.25, 0.3) is 39.3 Å². The predicted molar refractivity (Wildman–Crippen MR) is 133 cm³/mol. The van der Waals surface area contributed by atoms with Crippen LogP contribution in [0.5, 0.6) is 0 Å². The molecular formula is C25H19N7OS. The molecule has 0 aliphatic carbocycles. The number of nitrogens with zero attached hydrogens (tertiary/aromatic N) is 5. The average Bonchev–Trinajstić information content (AvgIpc) is 3.61. The molecule has 34 heavy (non-hydrogen) atoms. The van der Waals surface area contributed by atoms with E-state index in [2.05, 4.69) is 20.3 Å². The van der Waals surface area contributed by atoms with Crippen LogP contribution in [0.15, 0.2) is 71.7 Å². The summed E-state index contributed by atoms with van der Waals surface area (Å²) < 4.78 is 1.94. The van der Waals surface area contributed by atoms with Gasteiger partial charge in [0.15, 0.2) is 28.6 Å². The van der Waals surface area contributed by atoms with Crippen LogP contribution in [0, 0.1) is 0 Å². The van der Waals surface area contributed by atoms with Crippen LogP contribution in [0.4, 0.5) is 5.82 Å². The molecule has 6 rings (SSSR count). The van der Waals surface area contributed by atoms with Gasteiger partial charge < -0.3 is 10.3 Å². The lowest BCUT2D eigenvalue weighted by molar-refractivity contribution is 0.101. The van der Waals surface area contributed by atoms with E-state index >= 15 is 0 Å². The van der Waals surface area contributed by atoms with Crippen molar-refractivity contribution in [2.75, 3.05) is 5.32 Å². The second kappa shape index (κ2) is 8.20. The highest BCUT2D eigenvalue weighted by Crippen LogP contribution is 2.27. The molecule has 0 saturated heterocycles. The number of Topliss-reactive ketones (excluding diaryl/α,β-unsaturated/α-hetero) is 1. The number of nitrogens with one attached hydrogen (secondary N) is 2. The molecule has 166 valence electrons. The number of para-hydroxylation sites is 2. The molecule has 0 fully saturated rings. The van der Waals surface area contributed by atoms with Crippen molar-refractivity contribution in [1.82, 2.24) is 29.5 Å². The van der Waals surface area contributed by atoms with Crippen LogP contribution >= 0.6 is 11.3 Å². The van der Waals surface area contributed by atoms with Crippen molar-refractivity contribution in [2.45, 2.75) is 13.5 Å². The molecule has 8 nitrogen and oxygen atoms in total. The molecule has 0 atom stereocenters. The average molecular weight is 466 g/mol. The maximum absolute atomic E-state index is 11.9. The lowest BCUT2D eigenvalue weighted by Crippen LogP contribution is -2.06. The van der Waals surface area contributed by atoms with Crippen molar-refractivity contribution >= 4 is 45.1 Å². The number of fused-ring (bicyclic) bond motifs is 2. The lowest BCUT2D eigenvalue weighted by Gasteiger charge is -2.09. The highest BCUT2D eigenvalue weighted by Gasteiger charge is 2.17. The van der Waals surface area contributed by atoms with Gasteiger partial charge in [0.05, 0.1) is 23.3 Å². The Morgan fingerprint density at radius 2 is 2.00 bits per heavy atom. The molecule has 9 heteroatoms. The van der Waals surface area contributed by atoms with Gasteiger partial charge in [-0.3, -0.25) is 9.36 Å². The normalized spacial score (nSPS) is 11.3. The first kappa shape index (κ1) is 20.3. The number of aromatic nitrogens is 6.